The summed E-state index contributed by atoms with van der Waals surface area (Å²) in [6.45, 7) is 8.13. The highest BCUT2D eigenvalue weighted by Crippen LogP contribution is 2.25. The first kappa shape index (κ1) is 20.5. The number of piperidine rings is 1. The summed E-state index contributed by atoms with van der Waals surface area (Å²) in [5.41, 5.74) is -0.351. The lowest BCUT2D eigenvalue weighted by Gasteiger charge is -2.41. The predicted octanol–water partition coefficient (Wildman–Crippen LogP) is 2.42. The van der Waals surface area contributed by atoms with E-state index in [2.05, 4.69) is 5.32 Å². The highest BCUT2D eigenvalue weighted by molar-refractivity contribution is 5.75. The molecule has 0 bridgehead atoms. The molecule has 146 valence electrons. The molecule has 0 aliphatic carbocycles. The van der Waals surface area contributed by atoms with Crippen LogP contribution in [0, 0.1) is 0 Å². The van der Waals surface area contributed by atoms with Crippen LogP contribution in [-0.2, 0) is 5.54 Å². The van der Waals surface area contributed by atoms with Gasteiger partial charge in [0.05, 0.1) is 24.3 Å². The third kappa shape index (κ3) is 5.35. The molecule has 1 fully saturated rings. The number of hydrogen-bond donors (Lipinski definition) is 2. The van der Waals surface area contributed by atoms with Crippen LogP contribution in [-0.4, -0.2) is 66.9 Å². The van der Waals surface area contributed by atoms with Crippen LogP contribution in [0.15, 0.2) is 24.3 Å². The fourth-order valence-corrected chi connectivity index (χ4v) is 3.56. The van der Waals surface area contributed by atoms with Crippen molar-refractivity contribution in [2.45, 2.75) is 44.8 Å². The maximum atomic E-state index is 12.8. The average Bonchev–Trinajstić information content (AvgIpc) is 2.54. The van der Waals surface area contributed by atoms with Crippen LogP contribution < -0.4 is 10.1 Å². The lowest BCUT2D eigenvalue weighted by molar-refractivity contribution is -0.0352. The number of amides is 2. The molecule has 1 saturated heterocycles. The lowest BCUT2D eigenvalue weighted by Crippen LogP contribution is -2.58. The van der Waals surface area contributed by atoms with E-state index in [4.69, 9.17) is 4.74 Å². The van der Waals surface area contributed by atoms with Crippen molar-refractivity contribution in [2.24, 2.45) is 0 Å². The maximum absolute atomic E-state index is 12.8. The van der Waals surface area contributed by atoms with Gasteiger partial charge in [-0.15, -0.1) is 0 Å². The van der Waals surface area contributed by atoms with E-state index >= 15 is 0 Å². The number of likely N-dealkylation sites (tertiary alicyclic amines) is 1. The Morgan fingerprint density at radius 2 is 2.00 bits per heavy atom. The minimum absolute atomic E-state index is 0.138. The molecule has 1 heterocycles. The number of aliphatic hydroxyl groups is 1. The van der Waals surface area contributed by atoms with Gasteiger partial charge in [-0.2, -0.15) is 0 Å². The van der Waals surface area contributed by atoms with Crippen LogP contribution in [0.3, 0.4) is 0 Å². The number of carbonyl (C=O) groups excluding carboxylic acids is 1. The van der Waals surface area contributed by atoms with Crippen LogP contribution in [0.4, 0.5) is 4.79 Å². The number of likely N-dealkylation sites (N-methyl/N-ethyl adjacent to an activating group) is 1. The molecule has 1 aliphatic rings. The zero-order chi connectivity index (χ0) is 19.4. The van der Waals surface area contributed by atoms with E-state index in [1.165, 1.54) is 0 Å². The predicted molar refractivity (Wildman–Crippen MR) is 103 cm³/mol. The fraction of sp³-hybridized carbons (Fsp3) is 0.650. The molecule has 0 spiro atoms. The molecule has 6 heteroatoms. The van der Waals surface area contributed by atoms with Crippen LogP contribution in [0.1, 0.15) is 39.2 Å². The molecule has 0 saturated carbocycles. The molecule has 6 nitrogen and oxygen atoms in total. The van der Waals surface area contributed by atoms with E-state index < -0.39 is 11.1 Å². The number of carbonyl (C=O) groups is 1. The summed E-state index contributed by atoms with van der Waals surface area (Å²) in [7, 11) is 3.87. The maximum Gasteiger partial charge on any atom is 0.318 e. The van der Waals surface area contributed by atoms with Crippen molar-refractivity contribution in [1.29, 1.82) is 0 Å². The van der Waals surface area contributed by atoms with E-state index in [0.717, 1.165) is 24.2 Å². The zero-order valence-corrected chi connectivity index (χ0v) is 16.7. The van der Waals surface area contributed by atoms with Crippen molar-refractivity contribution in [1.82, 2.24) is 15.1 Å². The topological polar surface area (TPSA) is 65.0 Å². The second-order valence-corrected chi connectivity index (χ2v) is 8.00. The Bertz CT molecular complexity index is 601. The molecule has 1 aromatic carbocycles. The van der Waals surface area contributed by atoms with Gasteiger partial charge < -0.3 is 25.0 Å². The average molecular weight is 364 g/mol. The first-order valence-electron chi connectivity index (χ1n) is 9.33. The largest absolute Gasteiger partial charge is 0.494 e. The summed E-state index contributed by atoms with van der Waals surface area (Å²) in [5.74, 6) is 0.822. The van der Waals surface area contributed by atoms with E-state index in [9.17, 15) is 9.90 Å². The Balaban J connectivity index is 2.02. The molecule has 0 unspecified atom stereocenters. The van der Waals surface area contributed by atoms with Gasteiger partial charge in [-0.3, -0.25) is 0 Å². The Labute approximate surface area is 157 Å². The van der Waals surface area contributed by atoms with Crippen molar-refractivity contribution < 1.29 is 14.6 Å². The van der Waals surface area contributed by atoms with Gasteiger partial charge in [-0.25, -0.2) is 4.79 Å². The van der Waals surface area contributed by atoms with Gasteiger partial charge in [0.15, 0.2) is 0 Å². The minimum atomic E-state index is -0.845. The van der Waals surface area contributed by atoms with Gasteiger partial charge in [0.1, 0.15) is 5.75 Å². The number of hydrogen-bond acceptors (Lipinski definition) is 4. The molecular formula is C20H33N3O3. The van der Waals surface area contributed by atoms with E-state index in [1.807, 2.05) is 64.0 Å². The zero-order valence-electron chi connectivity index (χ0n) is 16.7. The molecule has 0 radical (unpaired) electrons. The van der Waals surface area contributed by atoms with Gasteiger partial charge >= 0.3 is 6.03 Å². The number of nitrogens with one attached hydrogen (secondary N) is 1. The monoisotopic (exact) mass is 363 g/mol. The number of urea groups is 1. The molecule has 1 atom stereocenters. The number of benzene rings is 1. The van der Waals surface area contributed by atoms with Crippen molar-refractivity contribution >= 4 is 6.03 Å². The third-order valence-electron chi connectivity index (χ3n) is 4.76. The second kappa shape index (κ2) is 8.27. The summed E-state index contributed by atoms with van der Waals surface area (Å²) in [5, 5.41) is 13.9. The normalized spacial score (nSPS) is 21.0. The fourth-order valence-electron chi connectivity index (χ4n) is 3.56. The Morgan fingerprint density at radius 3 is 2.58 bits per heavy atom. The van der Waals surface area contributed by atoms with Crippen molar-refractivity contribution in [3.8, 4) is 5.75 Å². The first-order chi connectivity index (χ1) is 12.1. The number of nitrogens with zero attached hydrogens (tertiary/aromatic N) is 2. The minimum Gasteiger partial charge on any atom is -0.494 e. The summed E-state index contributed by atoms with van der Waals surface area (Å²) in [6.07, 6.45) is 1.53. The number of β-amino-alcohol motifs (C(OH)–C–C–N with tert-alkyl or cyclic N) is 1. The summed E-state index contributed by atoms with van der Waals surface area (Å²) < 4.78 is 5.48. The van der Waals surface area contributed by atoms with Crippen LogP contribution in [0.2, 0.25) is 0 Å². The van der Waals surface area contributed by atoms with Gasteiger partial charge in [0.2, 0.25) is 0 Å². The molecule has 1 aliphatic heterocycles. The van der Waals surface area contributed by atoms with E-state index in [0.29, 0.717) is 26.2 Å². The Morgan fingerprint density at radius 1 is 1.35 bits per heavy atom. The number of rotatable bonds is 6. The van der Waals surface area contributed by atoms with Gasteiger partial charge in [-0.1, -0.05) is 12.1 Å². The number of ether oxygens (including phenoxy) is 1. The summed E-state index contributed by atoms with van der Waals surface area (Å²) >= 11 is 0. The van der Waals surface area contributed by atoms with E-state index in [1.54, 1.807) is 4.90 Å². The van der Waals surface area contributed by atoms with Crippen molar-refractivity contribution in [2.75, 3.05) is 40.3 Å². The SMILES string of the molecule is CCOc1ccc(C(C)(C)NC(=O)N2CCC[C@@](O)(CN(C)C)C2)cc1. The Kier molecular flexibility index (Phi) is 6.53. The first-order valence-corrected chi connectivity index (χ1v) is 9.33. The van der Waals surface area contributed by atoms with Gasteiger partial charge in [0.25, 0.3) is 0 Å². The van der Waals surface area contributed by atoms with Crippen molar-refractivity contribution in [3.63, 3.8) is 0 Å². The lowest BCUT2D eigenvalue weighted by atomic mass is 9.92. The smallest absolute Gasteiger partial charge is 0.318 e. The standard InChI is InChI=1S/C20H33N3O3/c1-6-26-17-10-8-16(9-11-17)19(2,3)21-18(24)23-13-7-12-20(25,15-23)14-22(4)5/h8-11,25H,6-7,12-15H2,1-5H3,(H,21,24)/t20-/m1/s1. The third-order valence-corrected chi connectivity index (χ3v) is 4.76. The molecule has 2 rings (SSSR count). The quantitative estimate of drug-likeness (QED) is 0.815. The molecule has 1 aromatic rings. The van der Waals surface area contributed by atoms with Crippen molar-refractivity contribution in [3.05, 3.63) is 29.8 Å². The Hall–Kier alpha value is -1.79. The molecule has 26 heavy (non-hydrogen) atoms. The van der Waals surface area contributed by atoms with Gasteiger partial charge in [0, 0.05) is 13.1 Å². The highest BCUT2D eigenvalue weighted by Gasteiger charge is 2.37. The molecular weight excluding hydrogens is 330 g/mol. The van der Waals surface area contributed by atoms with Gasteiger partial charge in [-0.05, 0) is 65.4 Å². The highest BCUT2D eigenvalue weighted by atomic mass is 16.5. The van der Waals surface area contributed by atoms with Crippen LogP contribution >= 0.6 is 0 Å². The summed E-state index contributed by atoms with van der Waals surface area (Å²) in [6, 6.07) is 7.65. The molecule has 2 amide bonds. The molecule has 2 N–H and O–H groups in total. The second-order valence-electron chi connectivity index (χ2n) is 8.00. The van der Waals surface area contributed by atoms with Crippen LogP contribution in [0.25, 0.3) is 0 Å². The van der Waals surface area contributed by atoms with Crippen LogP contribution in [0.5, 0.6) is 5.75 Å². The summed E-state index contributed by atoms with van der Waals surface area (Å²) in [4.78, 5) is 16.5. The molecule has 0 aromatic heterocycles. The van der Waals surface area contributed by atoms with E-state index in [-0.39, 0.29) is 6.03 Å².